The van der Waals surface area contributed by atoms with E-state index in [4.69, 9.17) is 20.5 Å². The average molecular weight is 389 g/mol. The van der Waals surface area contributed by atoms with Crippen LogP contribution in [0.3, 0.4) is 0 Å². The standard InChI is InChI=1S/C18H17ClN4O4/c19-13-5-3-12(4-6-13)17-22-16(27-23-17)8-7-15(24)20-9-10-21-18(25)14-2-1-11-26-14/h1-6,11H,7-10H2,(H,20,24)(H,21,25). The molecule has 140 valence electrons. The summed E-state index contributed by atoms with van der Waals surface area (Å²) in [5, 5.41) is 9.87. The first kappa shape index (κ1) is 18.7. The highest BCUT2D eigenvalue weighted by Crippen LogP contribution is 2.18. The molecule has 3 aromatic rings. The summed E-state index contributed by atoms with van der Waals surface area (Å²) in [5.41, 5.74) is 0.783. The Bertz CT molecular complexity index is 890. The minimum atomic E-state index is -0.324. The smallest absolute Gasteiger partial charge is 0.287 e. The van der Waals surface area contributed by atoms with Crippen LogP contribution in [0.5, 0.6) is 0 Å². The van der Waals surface area contributed by atoms with Crippen molar-refractivity contribution < 1.29 is 18.5 Å². The fourth-order valence-corrected chi connectivity index (χ4v) is 2.38. The number of aryl methyl sites for hydroxylation is 1. The molecule has 0 unspecified atom stereocenters. The zero-order valence-electron chi connectivity index (χ0n) is 14.3. The quantitative estimate of drug-likeness (QED) is 0.573. The van der Waals surface area contributed by atoms with Crippen molar-refractivity contribution in [3.8, 4) is 11.4 Å². The van der Waals surface area contributed by atoms with Crippen LogP contribution in [0.4, 0.5) is 0 Å². The van der Waals surface area contributed by atoms with E-state index >= 15 is 0 Å². The van der Waals surface area contributed by atoms with Gasteiger partial charge in [-0.05, 0) is 36.4 Å². The molecule has 0 spiro atoms. The molecular formula is C18H17ClN4O4. The first-order valence-corrected chi connectivity index (χ1v) is 8.66. The minimum Gasteiger partial charge on any atom is -0.459 e. The number of carbonyl (C=O) groups excluding carboxylic acids is 2. The second-order valence-corrected chi connectivity index (χ2v) is 6.04. The largest absolute Gasteiger partial charge is 0.459 e. The molecule has 0 radical (unpaired) electrons. The van der Waals surface area contributed by atoms with Crippen molar-refractivity contribution in [2.45, 2.75) is 12.8 Å². The Morgan fingerprint density at radius 2 is 1.85 bits per heavy atom. The van der Waals surface area contributed by atoms with Crippen LogP contribution in [0.2, 0.25) is 5.02 Å². The van der Waals surface area contributed by atoms with E-state index in [1.807, 2.05) is 0 Å². The van der Waals surface area contributed by atoms with Crippen molar-refractivity contribution in [2.75, 3.05) is 13.1 Å². The maximum Gasteiger partial charge on any atom is 0.287 e. The summed E-state index contributed by atoms with van der Waals surface area (Å²) in [6.45, 7) is 0.609. The van der Waals surface area contributed by atoms with Gasteiger partial charge in [0.15, 0.2) is 5.76 Å². The summed E-state index contributed by atoms with van der Waals surface area (Å²) in [5.74, 6) is 0.557. The number of rotatable bonds is 8. The molecule has 2 amide bonds. The zero-order chi connectivity index (χ0) is 19.1. The lowest BCUT2D eigenvalue weighted by atomic mass is 10.2. The molecule has 2 N–H and O–H groups in total. The number of amides is 2. The van der Waals surface area contributed by atoms with Gasteiger partial charge >= 0.3 is 0 Å². The molecule has 0 bridgehead atoms. The summed E-state index contributed by atoms with van der Waals surface area (Å²) >= 11 is 5.85. The van der Waals surface area contributed by atoms with E-state index in [1.165, 1.54) is 6.26 Å². The first-order chi connectivity index (χ1) is 13.1. The van der Waals surface area contributed by atoms with Crippen LogP contribution in [0.15, 0.2) is 51.6 Å². The van der Waals surface area contributed by atoms with Crippen LogP contribution in [-0.4, -0.2) is 35.0 Å². The summed E-state index contributed by atoms with van der Waals surface area (Å²) in [4.78, 5) is 27.8. The van der Waals surface area contributed by atoms with E-state index in [0.29, 0.717) is 36.2 Å². The molecular weight excluding hydrogens is 372 g/mol. The molecule has 2 heterocycles. The van der Waals surface area contributed by atoms with E-state index in [2.05, 4.69) is 20.8 Å². The van der Waals surface area contributed by atoms with Gasteiger partial charge in [-0.1, -0.05) is 16.8 Å². The average Bonchev–Trinajstić information content (AvgIpc) is 3.36. The van der Waals surface area contributed by atoms with Crippen molar-refractivity contribution in [1.29, 1.82) is 0 Å². The van der Waals surface area contributed by atoms with Gasteiger partial charge in [-0.25, -0.2) is 0 Å². The maximum absolute atomic E-state index is 11.9. The fourth-order valence-electron chi connectivity index (χ4n) is 2.25. The number of carbonyl (C=O) groups is 2. The van der Waals surface area contributed by atoms with Crippen molar-refractivity contribution in [3.63, 3.8) is 0 Å². The van der Waals surface area contributed by atoms with Crippen molar-refractivity contribution in [1.82, 2.24) is 20.8 Å². The normalized spacial score (nSPS) is 10.6. The molecule has 1 aromatic carbocycles. The minimum absolute atomic E-state index is 0.173. The van der Waals surface area contributed by atoms with E-state index in [0.717, 1.165) is 5.56 Å². The predicted octanol–water partition coefficient (Wildman–Crippen LogP) is 2.46. The van der Waals surface area contributed by atoms with E-state index in [-0.39, 0.29) is 24.0 Å². The van der Waals surface area contributed by atoms with Crippen LogP contribution in [0, 0.1) is 0 Å². The molecule has 9 heteroatoms. The van der Waals surface area contributed by atoms with Gasteiger partial charge in [0.2, 0.25) is 17.6 Å². The lowest BCUT2D eigenvalue weighted by Gasteiger charge is -2.05. The third kappa shape index (κ3) is 5.42. The third-order valence-electron chi connectivity index (χ3n) is 3.61. The monoisotopic (exact) mass is 388 g/mol. The van der Waals surface area contributed by atoms with Gasteiger partial charge in [-0.2, -0.15) is 4.98 Å². The Morgan fingerprint density at radius 1 is 1.07 bits per heavy atom. The van der Waals surface area contributed by atoms with Crippen molar-refractivity contribution in [2.24, 2.45) is 0 Å². The van der Waals surface area contributed by atoms with Gasteiger partial charge in [0.25, 0.3) is 5.91 Å². The van der Waals surface area contributed by atoms with Gasteiger partial charge in [0.05, 0.1) is 6.26 Å². The van der Waals surface area contributed by atoms with Crippen LogP contribution >= 0.6 is 11.6 Å². The Labute approximate surface area is 159 Å². The lowest BCUT2D eigenvalue weighted by Crippen LogP contribution is -2.34. The SMILES string of the molecule is O=C(CCc1nc(-c2ccc(Cl)cc2)no1)NCCNC(=O)c1ccco1. The number of furan rings is 1. The summed E-state index contributed by atoms with van der Waals surface area (Å²) in [6, 6.07) is 10.3. The molecule has 8 nitrogen and oxygen atoms in total. The topological polar surface area (TPSA) is 110 Å². The van der Waals surface area contributed by atoms with E-state index < -0.39 is 0 Å². The Hall–Kier alpha value is -3.13. The van der Waals surface area contributed by atoms with Crippen molar-refractivity contribution in [3.05, 3.63) is 59.3 Å². The first-order valence-electron chi connectivity index (χ1n) is 8.29. The molecule has 0 aliphatic rings. The number of nitrogens with one attached hydrogen (secondary N) is 2. The van der Waals surface area contributed by atoms with Gasteiger partial charge < -0.3 is 19.6 Å². The number of halogens is 1. The number of nitrogens with zero attached hydrogens (tertiary/aromatic N) is 2. The van der Waals surface area contributed by atoms with Crippen LogP contribution in [0.25, 0.3) is 11.4 Å². The lowest BCUT2D eigenvalue weighted by molar-refractivity contribution is -0.121. The van der Waals surface area contributed by atoms with Gasteiger partial charge in [-0.15, -0.1) is 0 Å². The zero-order valence-corrected chi connectivity index (χ0v) is 15.0. The Kier molecular flexibility index (Phi) is 6.22. The van der Waals surface area contributed by atoms with Crippen LogP contribution < -0.4 is 10.6 Å². The summed E-state index contributed by atoms with van der Waals surface area (Å²) in [7, 11) is 0. The van der Waals surface area contributed by atoms with E-state index in [1.54, 1.807) is 36.4 Å². The second-order valence-electron chi connectivity index (χ2n) is 5.60. The fraction of sp³-hybridized carbons (Fsp3) is 0.222. The van der Waals surface area contributed by atoms with Gasteiger partial charge in [-0.3, -0.25) is 9.59 Å². The number of hydrogen-bond donors (Lipinski definition) is 2. The van der Waals surface area contributed by atoms with Crippen LogP contribution in [-0.2, 0) is 11.2 Å². The van der Waals surface area contributed by atoms with Crippen LogP contribution in [0.1, 0.15) is 22.9 Å². The van der Waals surface area contributed by atoms with Crippen molar-refractivity contribution >= 4 is 23.4 Å². The predicted molar refractivity (Wildman–Crippen MR) is 97.1 cm³/mol. The Balaban J connectivity index is 1.37. The third-order valence-corrected chi connectivity index (χ3v) is 3.87. The Morgan fingerprint density at radius 3 is 2.59 bits per heavy atom. The highest BCUT2D eigenvalue weighted by atomic mass is 35.5. The molecule has 0 saturated heterocycles. The highest BCUT2D eigenvalue weighted by Gasteiger charge is 2.11. The molecule has 3 rings (SSSR count). The maximum atomic E-state index is 11.9. The molecule has 0 saturated carbocycles. The van der Waals surface area contributed by atoms with Gasteiger partial charge in [0, 0.05) is 36.5 Å². The van der Waals surface area contributed by atoms with E-state index in [9.17, 15) is 9.59 Å². The number of aromatic nitrogens is 2. The molecule has 27 heavy (non-hydrogen) atoms. The summed E-state index contributed by atoms with van der Waals surface area (Å²) < 4.78 is 10.1. The summed E-state index contributed by atoms with van der Waals surface area (Å²) in [6.07, 6.45) is 1.95. The molecule has 0 aliphatic carbocycles. The molecule has 0 aliphatic heterocycles. The van der Waals surface area contributed by atoms with Gasteiger partial charge in [0.1, 0.15) is 0 Å². The number of benzene rings is 1. The second kappa shape index (κ2) is 9.00. The highest BCUT2D eigenvalue weighted by molar-refractivity contribution is 6.30. The molecule has 2 aromatic heterocycles. The molecule has 0 fully saturated rings. The number of hydrogen-bond acceptors (Lipinski definition) is 6. The molecule has 0 atom stereocenters.